The largest absolute Gasteiger partial charge is 0.433 e. The van der Waals surface area contributed by atoms with Crippen LogP contribution < -0.4 is 10.6 Å². The number of hydrogen-bond donors (Lipinski definition) is 1. The summed E-state index contributed by atoms with van der Waals surface area (Å²) in [4.78, 5) is 16.5. The van der Waals surface area contributed by atoms with E-state index in [0.29, 0.717) is 26.3 Å². The summed E-state index contributed by atoms with van der Waals surface area (Å²) in [5, 5.41) is 0. The molecule has 0 aliphatic heterocycles. The average molecular weight is 305 g/mol. The molecule has 0 fully saturated rings. The molecular weight excluding hydrogens is 287 g/mol. The summed E-state index contributed by atoms with van der Waals surface area (Å²) in [7, 11) is 0. The number of nitrogens with zero attached hydrogens (tertiary/aromatic N) is 2. The molecule has 0 saturated carbocycles. The van der Waals surface area contributed by atoms with E-state index in [1.807, 2.05) is 6.92 Å². The number of rotatable bonds is 7. The fourth-order valence-electron chi connectivity index (χ4n) is 1.77. The molecule has 8 heteroatoms. The minimum atomic E-state index is -4.58. The van der Waals surface area contributed by atoms with E-state index in [4.69, 9.17) is 10.5 Å². The molecule has 0 spiro atoms. The number of halogens is 3. The van der Waals surface area contributed by atoms with Crippen LogP contribution in [0, 0.1) is 0 Å². The number of amides is 1. The fourth-order valence-corrected chi connectivity index (χ4v) is 1.77. The van der Waals surface area contributed by atoms with Gasteiger partial charge in [-0.3, -0.25) is 4.79 Å². The van der Waals surface area contributed by atoms with Crippen molar-refractivity contribution in [3.05, 3.63) is 23.4 Å². The van der Waals surface area contributed by atoms with Gasteiger partial charge in [-0.15, -0.1) is 0 Å². The van der Waals surface area contributed by atoms with Crippen LogP contribution in [0.3, 0.4) is 0 Å². The number of carbonyl (C=O) groups excluding carboxylic acids is 1. The summed E-state index contributed by atoms with van der Waals surface area (Å²) in [5.41, 5.74) is 4.10. The van der Waals surface area contributed by atoms with E-state index in [1.165, 1.54) is 4.90 Å². The summed E-state index contributed by atoms with van der Waals surface area (Å²) in [5.74, 6) is -0.888. The lowest BCUT2D eigenvalue weighted by atomic mass is 10.2. The second-order valence-electron chi connectivity index (χ2n) is 4.21. The predicted octanol–water partition coefficient (Wildman–Crippen LogP) is 2.06. The van der Waals surface area contributed by atoms with Crippen LogP contribution in [-0.2, 0) is 10.9 Å². The van der Waals surface area contributed by atoms with E-state index in [-0.39, 0.29) is 11.4 Å². The number of pyridine rings is 1. The average Bonchev–Trinajstić information content (AvgIpc) is 2.42. The standard InChI is InChI=1S/C13H18F3N3O2/c1-3-19(7-8-21-4-2)12-9(11(17)20)5-6-10(18-12)13(14,15)16/h5-6H,3-4,7-8H2,1-2H3,(H2,17,20). The lowest BCUT2D eigenvalue weighted by Gasteiger charge is -2.24. The maximum atomic E-state index is 12.8. The summed E-state index contributed by atoms with van der Waals surface area (Å²) in [6.07, 6.45) is -4.58. The first kappa shape index (κ1) is 17.2. The van der Waals surface area contributed by atoms with E-state index in [2.05, 4.69) is 4.98 Å². The summed E-state index contributed by atoms with van der Waals surface area (Å²) in [6.45, 7) is 5.07. The summed E-state index contributed by atoms with van der Waals surface area (Å²) < 4.78 is 43.4. The van der Waals surface area contributed by atoms with Gasteiger partial charge in [0.1, 0.15) is 11.5 Å². The summed E-state index contributed by atoms with van der Waals surface area (Å²) in [6, 6.07) is 1.80. The van der Waals surface area contributed by atoms with Crippen molar-refractivity contribution in [1.82, 2.24) is 4.98 Å². The zero-order valence-corrected chi connectivity index (χ0v) is 11.9. The van der Waals surface area contributed by atoms with Gasteiger partial charge in [0.2, 0.25) is 0 Å². The monoisotopic (exact) mass is 305 g/mol. The molecule has 0 atom stereocenters. The normalized spacial score (nSPS) is 11.5. The van der Waals surface area contributed by atoms with E-state index >= 15 is 0 Å². The number of alkyl halides is 3. The van der Waals surface area contributed by atoms with Crippen molar-refractivity contribution >= 4 is 11.7 Å². The topological polar surface area (TPSA) is 68.4 Å². The Morgan fingerprint density at radius 2 is 2.05 bits per heavy atom. The highest BCUT2D eigenvalue weighted by Crippen LogP contribution is 2.30. The Morgan fingerprint density at radius 1 is 1.38 bits per heavy atom. The first-order chi connectivity index (χ1) is 9.81. The Morgan fingerprint density at radius 3 is 2.52 bits per heavy atom. The molecule has 2 N–H and O–H groups in total. The molecule has 0 radical (unpaired) electrons. The van der Waals surface area contributed by atoms with Gasteiger partial charge < -0.3 is 15.4 Å². The van der Waals surface area contributed by atoms with E-state index in [9.17, 15) is 18.0 Å². The third kappa shape index (κ3) is 4.59. The number of hydrogen-bond acceptors (Lipinski definition) is 4. The highest BCUT2D eigenvalue weighted by molar-refractivity contribution is 5.97. The van der Waals surface area contributed by atoms with E-state index in [0.717, 1.165) is 12.1 Å². The Balaban J connectivity index is 3.17. The smallest absolute Gasteiger partial charge is 0.380 e. The Bertz CT molecular complexity index is 492. The first-order valence-electron chi connectivity index (χ1n) is 6.52. The molecule has 1 heterocycles. The molecule has 0 aliphatic carbocycles. The zero-order valence-electron chi connectivity index (χ0n) is 11.9. The van der Waals surface area contributed by atoms with Crippen LogP contribution in [0.2, 0.25) is 0 Å². The molecule has 1 aromatic heterocycles. The molecule has 0 aliphatic rings. The van der Waals surface area contributed by atoms with Crippen molar-refractivity contribution < 1.29 is 22.7 Å². The van der Waals surface area contributed by atoms with Crippen LogP contribution in [-0.4, -0.2) is 37.2 Å². The van der Waals surface area contributed by atoms with Crippen LogP contribution in [0.25, 0.3) is 0 Å². The quantitative estimate of drug-likeness (QED) is 0.783. The maximum Gasteiger partial charge on any atom is 0.433 e. The molecule has 5 nitrogen and oxygen atoms in total. The number of primary amides is 1. The van der Waals surface area contributed by atoms with Gasteiger partial charge in [0.25, 0.3) is 5.91 Å². The van der Waals surface area contributed by atoms with Crippen LogP contribution in [0.1, 0.15) is 29.9 Å². The SMILES string of the molecule is CCOCCN(CC)c1nc(C(F)(F)F)ccc1C(N)=O. The molecule has 118 valence electrons. The van der Waals surface area contributed by atoms with Crippen LogP contribution in [0.4, 0.5) is 19.0 Å². The third-order valence-electron chi connectivity index (χ3n) is 2.82. The van der Waals surface area contributed by atoms with Crippen molar-refractivity contribution in [2.75, 3.05) is 31.2 Å². The van der Waals surface area contributed by atoms with Crippen molar-refractivity contribution in [3.63, 3.8) is 0 Å². The third-order valence-corrected chi connectivity index (χ3v) is 2.82. The predicted molar refractivity (Wildman–Crippen MR) is 72.1 cm³/mol. The van der Waals surface area contributed by atoms with E-state index < -0.39 is 17.8 Å². The molecule has 0 saturated heterocycles. The molecule has 0 aromatic carbocycles. The Labute approximate surface area is 120 Å². The minimum absolute atomic E-state index is 0.0404. The Kier molecular flexibility index (Phi) is 5.95. The second kappa shape index (κ2) is 7.26. The van der Waals surface area contributed by atoms with Crippen molar-refractivity contribution in [2.24, 2.45) is 5.73 Å². The lowest BCUT2D eigenvalue weighted by molar-refractivity contribution is -0.141. The number of aromatic nitrogens is 1. The van der Waals surface area contributed by atoms with Gasteiger partial charge in [-0.2, -0.15) is 13.2 Å². The van der Waals surface area contributed by atoms with Gasteiger partial charge in [0, 0.05) is 19.7 Å². The van der Waals surface area contributed by atoms with Crippen LogP contribution in [0.5, 0.6) is 0 Å². The van der Waals surface area contributed by atoms with E-state index in [1.54, 1.807) is 6.92 Å². The van der Waals surface area contributed by atoms with Gasteiger partial charge in [-0.05, 0) is 26.0 Å². The fraction of sp³-hybridized carbons (Fsp3) is 0.538. The van der Waals surface area contributed by atoms with Gasteiger partial charge in [0.15, 0.2) is 0 Å². The number of anilines is 1. The number of likely N-dealkylation sites (N-methyl/N-ethyl adjacent to an activating group) is 1. The maximum absolute atomic E-state index is 12.8. The molecular formula is C13H18F3N3O2. The van der Waals surface area contributed by atoms with Crippen LogP contribution >= 0.6 is 0 Å². The van der Waals surface area contributed by atoms with Crippen molar-refractivity contribution in [1.29, 1.82) is 0 Å². The second-order valence-corrected chi connectivity index (χ2v) is 4.21. The molecule has 1 amide bonds. The zero-order chi connectivity index (χ0) is 16.0. The molecule has 21 heavy (non-hydrogen) atoms. The molecule has 0 unspecified atom stereocenters. The van der Waals surface area contributed by atoms with Crippen molar-refractivity contribution in [3.8, 4) is 0 Å². The number of carbonyl (C=O) groups is 1. The number of ether oxygens (including phenoxy) is 1. The summed E-state index contributed by atoms with van der Waals surface area (Å²) >= 11 is 0. The van der Waals surface area contributed by atoms with Crippen molar-refractivity contribution in [2.45, 2.75) is 20.0 Å². The molecule has 0 bridgehead atoms. The van der Waals surface area contributed by atoms with Gasteiger partial charge in [0.05, 0.1) is 12.2 Å². The first-order valence-corrected chi connectivity index (χ1v) is 6.52. The molecule has 1 rings (SSSR count). The minimum Gasteiger partial charge on any atom is -0.380 e. The number of nitrogens with two attached hydrogens (primary N) is 1. The van der Waals surface area contributed by atoms with Gasteiger partial charge in [-0.1, -0.05) is 0 Å². The Hall–Kier alpha value is -1.83. The van der Waals surface area contributed by atoms with Gasteiger partial charge in [-0.25, -0.2) is 4.98 Å². The molecule has 1 aromatic rings. The van der Waals surface area contributed by atoms with Crippen LogP contribution in [0.15, 0.2) is 12.1 Å². The highest BCUT2D eigenvalue weighted by Gasteiger charge is 2.34. The van der Waals surface area contributed by atoms with Gasteiger partial charge >= 0.3 is 6.18 Å². The lowest BCUT2D eigenvalue weighted by Crippen LogP contribution is -2.31. The highest BCUT2D eigenvalue weighted by atomic mass is 19.4.